The van der Waals surface area contributed by atoms with E-state index in [0.717, 1.165) is 30.6 Å². The van der Waals surface area contributed by atoms with E-state index < -0.39 is 0 Å². The van der Waals surface area contributed by atoms with E-state index in [1.807, 2.05) is 53.3 Å². The molecule has 1 aliphatic heterocycles. The van der Waals surface area contributed by atoms with Crippen LogP contribution in [0.4, 0.5) is 0 Å². The number of aryl methyl sites for hydroxylation is 1. The SMILES string of the molecule is Cc1ccn2cc(C(=O)N3CCC[C@H](n4ccnc4)C3)nc2c1. The van der Waals surface area contributed by atoms with E-state index in [1.165, 1.54) is 0 Å². The largest absolute Gasteiger partial charge is 0.335 e. The zero-order chi connectivity index (χ0) is 15.8. The van der Waals surface area contributed by atoms with Gasteiger partial charge in [0.25, 0.3) is 5.91 Å². The van der Waals surface area contributed by atoms with Crippen LogP contribution >= 0.6 is 0 Å². The van der Waals surface area contributed by atoms with Crippen molar-refractivity contribution in [2.45, 2.75) is 25.8 Å². The maximum Gasteiger partial charge on any atom is 0.274 e. The highest BCUT2D eigenvalue weighted by Crippen LogP contribution is 2.22. The second kappa shape index (κ2) is 5.53. The van der Waals surface area contributed by atoms with Crippen LogP contribution in [0.25, 0.3) is 5.65 Å². The molecule has 1 atom stereocenters. The molecule has 23 heavy (non-hydrogen) atoms. The van der Waals surface area contributed by atoms with Crippen LogP contribution in [0.2, 0.25) is 0 Å². The molecule has 0 N–H and O–H groups in total. The number of rotatable bonds is 2. The molecule has 0 aromatic carbocycles. The van der Waals surface area contributed by atoms with Gasteiger partial charge in [-0.15, -0.1) is 0 Å². The lowest BCUT2D eigenvalue weighted by Crippen LogP contribution is -2.40. The Morgan fingerprint density at radius 3 is 3.09 bits per heavy atom. The van der Waals surface area contributed by atoms with Gasteiger partial charge in [-0.3, -0.25) is 4.79 Å². The second-order valence-electron chi connectivity index (χ2n) is 6.15. The summed E-state index contributed by atoms with van der Waals surface area (Å²) < 4.78 is 3.99. The second-order valence-corrected chi connectivity index (χ2v) is 6.15. The first-order valence-corrected chi connectivity index (χ1v) is 7.93. The molecule has 118 valence electrons. The molecule has 6 heteroatoms. The van der Waals surface area contributed by atoms with Crippen molar-refractivity contribution in [2.24, 2.45) is 0 Å². The maximum absolute atomic E-state index is 12.8. The zero-order valence-electron chi connectivity index (χ0n) is 13.1. The Bertz CT molecular complexity index is 836. The van der Waals surface area contributed by atoms with Crippen molar-refractivity contribution in [3.05, 3.63) is 54.5 Å². The number of hydrogen-bond donors (Lipinski definition) is 0. The van der Waals surface area contributed by atoms with Gasteiger partial charge in [-0.2, -0.15) is 0 Å². The molecule has 0 aliphatic carbocycles. The number of pyridine rings is 1. The van der Waals surface area contributed by atoms with E-state index in [4.69, 9.17) is 0 Å². The van der Waals surface area contributed by atoms with Crippen molar-refractivity contribution >= 4 is 11.6 Å². The average molecular weight is 309 g/mol. The summed E-state index contributed by atoms with van der Waals surface area (Å²) >= 11 is 0. The van der Waals surface area contributed by atoms with Crippen molar-refractivity contribution in [1.29, 1.82) is 0 Å². The third kappa shape index (κ3) is 2.60. The summed E-state index contributed by atoms with van der Waals surface area (Å²) in [6.07, 6.45) is 11.4. The highest BCUT2D eigenvalue weighted by Gasteiger charge is 2.26. The lowest BCUT2D eigenvalue weighted by molar-refractivity contribution is 0.0674. The number of likely N-dealkylation sites (tertiary alicyclic amines) is 1. The van der Waals surface area contributed by atoms with Crippen LogP contribution in [0.5, 0.6) is 0 Å². The predicted molar refractivity (Wildman–Crippen MR) is 86.3 cm³/mol. The topological polar surface area (TPSA) is 55.4 Å². The minimum Gasteiger partial charge on any atom is -0.335 e. The van der Waals surface area contributed by atoms with E-state index >= 15 is 0 Å². The van der Waals surface area contributed by atoms with Gasteiger partial charge in [0.2, 0.25) is 0 Å². The van der Waals surface area contributed by atoms with E-state index in [0.29, 0.717) is 18.3 Å². The molecule has 1 amide bonds. The Morgan fingerprint density at radius 2 is 2.26 bits per heavy atom. The van der Waals surface area contributed by atoms with E-state index in [9.17, 15) is 4.79 Å². The van der Waals surface area contributed by atoms with Gasteiger partial charge in [0.1, 0.15) is 11.3 Å². The lowest BCUT2D eigenvalue weighted by atomic mass is 10.1. The number of imidazole rings is 2. The normalized spacial score (nSPS) is 18.5. The van der Waals surface area contributed by atoms with Crippen LogP contribution in [0.15, 0.2) is 43.2 Å². The van der Waals surface area contributed by atoms with Crippen LogP contribution in [0.3, 0.4) is 0 Å². The molecule has 1 fully saturated rings. The van der Waals surface area contributed by atoms with Gasteiger partial charge in [-0.1, -0.05) is 0 Å². The Kier molecular flexibility index (Phi) is 3.37. The molecular formula is C17H19N5O. The highest BCUT2D eigenvalue weighted by molar-refractivity contribution is 5.93. The first-order valence-electron chi connectivity index (χ1n) is 7.93. The zero-order valence-corrected chi connectivity index (χ0v) is 13.1. The summed E-state index contributed by atoms with van der Waals surface area (Å²) in [6.45, 7) is 3.52. The fourth-order valence-electron chi connectivity index (χ4n) is 3.22. The molecule has 0 bridgehead atoms. The van der Waals surface area contributed by atoms with E-state index in [2.05, 4.69) is 14.5 Å². The van der Waals surface area contributed by atoms with Crippen LogP contribution in [0, 0.1) is 6.92 Å². The van der Waals surface area contributed by atoms with Crippen LogP contribution < -0.4 is 0 Å². The number of carbonyl (C=O) groups excluding carboxylic acids is 1. The number of amides is 1. The van der Waals surface area contributed by atoms with E-state index in [-0.39, 0.29) is 5.91 Å². The molecule has 3 aromatic heterocycles. The molecule has 1 aliphatic rings. The average Bonchev–Trinajstić information content (AvgIpc) is 3.23. The molecule has 3 aromatic rings. The van der Waals surface area contributed by atoms with Crippen molar-refractivity contribution < 1.29 is 4.79 Å². The monoisotopic (exact) mass is 309 g/mol. The maximum atomic E-state index is 12.8. The Labute approximate surface area is 134 Å². The van der Waals surface area contributed by atoms with Crippen molar-refractivity contribution in [3.63, 3.8) is 0 Å². The predicted octanol–water partition coefficient (Wildman–Crippen LogP) is 2.32. The number of hydrogen-bond acceptors (Lipinski definition) is 3. The molecule has 1 saturated heterocycles. The van der Waals surface area contributed by atoms with Crippen molar-refractivity contribution in [2.75, 3.05) is 13.1 Å². The third-order valence-electron chi connectivity index (χ3n) is 4.47. The number of piperidine rings is 1. The van der Waals surface area contributed by atoms with Crippen molar-refractivity contribution in [1.82, 2.24) is 23.8 Å². The Balaban J connectivity index is 1.57. The fourth-order valence-corrected chi connectivity index (χ4v) is 3.22. The quantitative estimate of drug-likeness (QED) is 0.730. The smallest absolute Gasteiger partial charge is 0.274 e. The molecule has 6 nitrogen and oxygen atoms in total. The number of aromatic nitrogens is 4. The number of nitrogens with zero attached hydrogens (tertiary/aromatic N) is 5. The first kappa shape index (κ1) is 14.0. The number of carbonyl (C=O) groups is 1. The van der Waals surface area contributed by atoms with Gasteiger partial charge in [-0.25, -0.2) is 9.97 Å². The van der Waals surface area contributed by atoms with Gasteiger partial charge in [-0.05, 0) is 37.5 Å². The van der Waals surface area contributed by atoms with Crippen LogP contribution in [0.1, 0.15) is 34.9 Å². The minimum atomic E-state index is 0.0103. The summed E-state index contributed by atoms with van der Waals surface area (Å²) in [7, 11) is 0. The minimum absolute atomic E-state index is 0.0103. The van der Waals surface area contributed by atoms with Crippen molar-refractivity contribution in [3.8, 4) is 0 Å². The van der Waals surface area contributed by atoms with Gasteiger partial charge in [0, 0.05) is 37.9 Å². The molecule has 4 rings (SSSR count). The van der Waals surface area contributed by atoms with Gasteiger partial charge >= 0.3 is 0 Å². The molecule has 4 heterocycles. The molecule has 0 saturated carbocycles. The summed E-state index contributed by atoms with van der Waals surface area (Å²) in [5.41, 5.74) is 2.47. The van der Waals surface area contributed by atoms with Gasteiger partial charge in [0.15, 0.2) is 0 Å². The van der Waals surface area contributed by atoms with E-state index in [1.54, 1.807) is 6.20 Å². The Morgan fingerprint density at radius 1 is 1.35 bits per heavy atom. The molecule has 0 spiro atoms. The fraction of sp³-hybridized carbons (Fsp3) is 0.353. The highest BCUT2D eigenvalue weighted by atomic mass is 16.2. The number of fused-ring (bicyclic) bond motifs is 1. The summed E-state index contributed by atoms with van der Waals surface area (Å²) in [5, 5.41) is 0. The lowest BCUT2D eigenvalue weighted by Gasteiger charge is -2.32. The van der Waals surface area contributed by atoms with Gasteiger partial charge in [0.05, 0.1) is 12.4 Å². The first-order chi connectivity index (χ1) is 11.2. The summed E-state index contributed by atoms with van der Waals surface area (Å²) in [5.74, 6) is 0.0103. The summed E-state index contributed by atoms with van der Waals surface area (Å²) in [6, 6.07) is 4.30. The molecule has 0 unspecified atom stereocenters. The third-order valence-corrected chi connectivity index (χ3v) is 4.47. The van der Waals surface area contributed by atoms with Gasteiger partial charge < -0.3 is 13.9 Å². The standard InChI is InChI=1S/C17H19N5O/c1-13-4-7-20-11-15(19-16(20)9-13)17(23)21-6-2-3-14(10-21)22-8-5-18-12-22/h4-5,7-9,11-12,14H,2-3,6,10H2,1H3/t14-/m0/s1. The molecule has 0 radical (unpaired) electrons. The Hall–Kier alpha value is -2.63. The summed E-state index contributed by atoms with van der Waals surface area (Å²) in [4.78, 5) is 23.3. The van der Waals surface area contributed by atoms with Crippen LogP contribution in [-0.4, -0.2) is 42.8 Å². The molecular weight excluding hydrogens is 290 g/mol. The van der Waals surface area contributed by atoms with Crippen LogP contribution in [-0.2, 0) is 0 Å².